The van der Waals surface area contributed by atoms with Crippen molar-refractivity contribution in [1.82, 2.24) is 4.98 Å². The van der Waals surface area contributed by atoms with Crippen LogP contribution < -0.4 is 5.43 Å². The van der Waals surface area contributed by atoms with Gasteiger partial charge in [0.15, 0.2) is 0 Å². The first-order chi connectivity index (χ1) is 9.38. The number of hydrogen-bond donors (Lipinski definition) is 1. The van der Waals surface area contributed by atoms with E-state index in [4.69, 9.17) is 0 Å². The third kappa shape index (κ3) is 4.75. The maximum Gasteiger partial charge on any atom is 0.146 e. The number of benzene rings is 1. The van der Waals surface area contributed by atoms with Crippen LogP contribution in [0.25, 0.3) is 0 Å². The highest BCUT2D eigenvalue weighted by Crippen LogP contribution is 2.18. The molecule has 0 saturated carbocycles. The summed E-state index contributed by atoms with van der Waals surface area (Å²) in [6, 6.07) is 14.1. The lowest BCUT2D eigenvalue weighted by Gasteiger charge is -2.00. The van der Waals surface area contributed by atoms with Crippen molar-refractivity contribution in [2.75, 3.05) is 11.2 Å². The van der Waals surface area contributed by atoms with Gasteiger partial charge >= 0.3 is 0 Å². The van der Waals surface area contributed by atoms with E-state index >= 15 is 0 Å². The third-order valence-corrected chi connectivity index (χ3v) is 3.63. The van der Waals surface area contributed by atoms with Gasteiger partial charge in [0.2, 0.25) is 0 Å². The maximum absolute atomic E-state index is 4.16. The smallest absolute Gasteiger partial charge is 0.146 e. The molecule has 4 heteroatoms. The SMILES string of the molecule is CCCSc1ccc(C=NNc2ccccn2)cc1. The normalized spacial score (nSPS) is 10.8. The molecule has 0 saturated heterocycles. The zero-order chi connectivity index (χ0) is 13.3. The number of hydrazone groups is 1. The molecule has 0 amide bonds. The van der Waals surface area contributed by atoms with E-state index in [0.29, 0.717) is 0 Å². The van der Waals surface area contributed by atoms with Crippen LogP contribution in [-0.2, 0) is 0 Å². The van der Waals surface area contributed by atoms with Crippen LogP contribution in [0.15, 0.2) is 58.7 Å². The van der Waals surface area contributed by atoms with Gasteiger partial charge in [-0.3, -0.25) is 5.43 Å². The Kier molecular flexibility index (Phi) is 5.44. The summed E-state index contributed by atoms with van der Waals surface area (Å²) in [5, 5.41) is 4.16. The van der Waals surface area contributed by atoms with Gasteiger partial charge in [0.1, 0.15) is 5.82 Å². The maximum atomic E-state index is 4.16. The van der Waals surface area contributed by atoms with Crippen LogP contribution in [-0.4, -0.2) is 17.0 Å². The highest BCUT2D eigenvalue weighted by Gasteiger charge is 1.93. The molecule has 2 rings (SSSR count). The van der Waals surface area contributed by atoms with Crippen molar-refractivity contribution in [3.8, 4) is 0 Å². The van der Waals surface area contributed by atoms with Gasteiger partial charge in [0.05, 0.1) is 6.21 Å². The van der Waals surface area contributed by atoms with E-state index in [-0.39, 0.29) is 0 Å². The minimum Gasteiger partial charge on any atom is -0.261 e. The van der Waals surface area contributed by atoms with Crippen molar-refractivity contribution >= 4 is 23.8 Å². The van der Waals surface area contributed by atoms with Gasteiger partial charge in [-0.2, -0.15) is 5.10 Å². The second-order valence-corrected chi connectivity index (χ2v) is 5.17. The van der Waals surface area contributed by atoms with Gasteiger partial charge in [0.25, 0.3) is 0 Å². The van der Waals surface area contributed by atoms with Crippen LogP contribution in [0.5, 0.6) is 0 Å². The van der Waals surface area contributed by atoms with Gasteiger partial charge in [-0.25, -0.2) is 4.98 Å². The van der Waals surface area contributed by atoms with Crippen LogP contribution in [0, 0.1) is 0 Å². The van der Waals surface area contributed by atoms with Gasteiger partial charge in [-0.1, -0.05) is 25.1 Å². The van der Waals surface area contributed by atoms with E-state index in [1.807, 2.05) is 30.0 Å². The second-order valence-electron chi connectivity index (χ2n) is 4.00. The first kappa shape index (κ1) is 13.6. The number of nitrogens with one attached hydrogen (secondary N) is 1. The van der Waals surface area contributed by atoms with Gasteiger partial charge < -0.3 is 0 Å². The Bertz CT molecular complexity index is 509. The summed E-state index contributed by atoms with van der Waals surface area (Å²) in [7, 11) is 0. The van der Waals surface area contributed by atoms with E-state index in [0.717, 1.165) is 17.1 Å². The Labute approximate surface area is 118 Å². The summed E-state index contributed by atoms with van der Waals surface area (Å²) in [6.45, 7) is 2.19. The van der Waals surface area contributed by atoms with Crippen molar-refractivity contribution in [2.45, 2.75) is 18.2 Å². The van der Waals surface area contributed by atoms with Crippen LogP contribution in [0.1, 0.15) is 18.9 Å². The second kappa shape index (κ2) is 7.59. The van der Waals surface area contributed by atoms with Gasteiger partial charge in [-0.15, -0.1) is 11.8 Å². The fourth-order valence-electron chi connectivity index (χ4n) is 1.47. The molecule has 0 radical (unpaired) electrons. The Morgan fingerprint density at radius 3 is 2.74 bits per heavy atom. The molecular formula is C15H17N3S. The molecule has 3 nitrogen and oxygen atoms in total. The molecule has 0 fully saturated rings. The average molecular weight is 271 g/mol. The standard InChI is InChI=1S/C15H17N3S/c1-2-11-19-14-8-6-13(7-9-14)12-17-18-15-5-3-4-10-16-15/h3-10,12H,2,11H2,1H3,(H,16,18). The lowest BCUT2D eigenvalue weighted by Crippen LogP contribution is -1.92. The van der Waals surface area contributed by atoms with E-state index < -0.39 is 0 Å². The Hall–Kier alpha value is -1.81. The molecule has 0 aliphatic heterocycles. The van der Waals surface area contributed by atoms with Gasteiger partial charge in [-0.05, 0) is 42.0 Å². The average Bonchev–Trinajstić information content (AvgIpc) is 2.47. The van der Waals surface area contributed by atoms with Gasteiger partial charge in [0, 0.05) is 11.1 Å². The number of thioether (sulfide) groups is 1. The van der Waals surface area contributed by atoms with Crippen molar-refractivity contribution in [3.05, 3.63) is 54.2 Å². The number of rotatable bonds is 6. The molecule has 0 bridgehead atoms. The van der Waals surface area contributed by atoms with Crippen molar-refractivity contribution in [1.29, 1.82) is 0 Å². The first-order valence-corrected chi connectivity index (χ1v) is 7.30. The van der Waals surface area contributed by atoms with Crippen LogP contribution in [0.4, 0.5) is 5.82 Å². The molecule has 1 aromatic carbocycles. The van der Waals surface area contributed by atoms with Crippen LogP contribution >= 0.6 is 11.8 Å². The number of anilines is 1. The fourth-order valence-corrected chi connectivity index (χ4v) is 2.24. The summed E-state index contributed by atoms with van der Waals surface area (Å²) in [4.78, 5) is 5.43. The summed E-state index contributed by atoms with van der Waals surface area (Å²) in [5.74, 6) is 1.91. The minimum absolute atomic E-state index is 0.744. The van der Waals surface area contributed by atoms with E-state index in [1.54, 1.807) is 12.4 Å². The Morgan fingerprint density at radius 1 is 1.21 bits per heavy atom. The molecule has 0 aliphatic rings. The molecule has 0 unspecified atom stereocenters. The number of hydrogen-bond acceptors (Lipinski definition) is 4. The lowest BCUT2D eigenvalue weighted by molar-refractivity contribution is 1.10. The van der Waals surface area contributed by atoms with E-state index in [1.165, 1.54) is 11.3 Å². The highest BCUT2D eigenvalue weighted by molar-refractivity contribution is 7.99. The molecule has 0 spiro atoms. The quantitative estimate of drug-likeness (QED) is 0.489. The lowest BCUT2D eigenvalue weighted by atomic mass is 10.2. The molecule has 98 valence electrons. The number of aromatic nitrogens is 1. The predicted octanol–water partition coefficient (Wildman–Crippen LogP) is 4.03. The largest absolute Gasteiger partial charge is 0.261 e. The summed E-state index contributed by atoms with van der Waals surface area (Å²) < 4.78 is 0. The predicted molar refractivity (Wildman–Crippen MR) is 82.9 cm³/mol. The minimum atomic E-state index is 0.744. The van der Waals surface area contributed by atoms with Crippen LogP contribution in [0.3, 0.4) is 0 Å². The van der Waals surface area contributed by atoms with Crippen molar-refractivity contribution < 1.29 is 0 Å². The fraction of sp³-hybridized carbons (Fsp3) is 0.200. The summed E-state index contributed by atoms with van der Waals surface area (Å²) in [6.07, 6.45) is 4.72. The van der Waals surface area contributed by atoms with Crippen LogP contribution in [0.2, 0.25) is 0 Å². The van der Waals surface area contributed by atoms with Crippen molar-refractivity contribution in [3.63, 3.8) is 0 Å². The summed E-state index contributed by atoms with van der Waals surface area (Å²) >= 11 is 1.88. The molecule has 0 atom stereocenters. The summed E-state index contributed by atoms with van der Waals surface area (Å²) in [5.41, 5.74) is 3.97. The monoisotopic (exact) mass is 271 g/mol. The molecule has 0 aliphatic carbocycles. The zero-order valence-electron chi connectivity index (χ0n) is 10.9. The zero-order valence-corrected chi connectivity index (χ0v) is 11.7. The number of pyridine rings is 1. The molecule has 2 aromatic rings. The molecule has 1 aromatic heterocycles. The number of nitrogens with zero attached hydrogens (tertiary/aromatic N) is 2. The van der Waals surface area contributed by atoms with E-state index in [2.05, 4.69) is 46.7 Å². The molecule has 19 heavy (non-hydrogen) atoms. The molecule has 1 N–H and O–H groups in total. The Balaban J connectivity index is 1.88. The first-order valence-electron chi connectivity index (χ1n) is 6.31. The highest BCUT2D eigenvalue weighted by atomic mass is 32.2. The van der Waals surface area contributed by atoms with Crippen molar-refractivity contribution in [2.24, 2.45) is 5.10 Å². The van der Waals surface area contributed by atoms with E-state index in [9.17, 15) is 0 Å². The Morgan fingerprint density at radius 2 is 2.05 bits per heavy atom. The topological polar surface area (TPSA) is 37.3 Å². The molecule has 1 heterocycles. The third-order valence-electron chi connectivity index (χ3n) is 2.41. The molecular weight excluding hydrogens is 254 g/mol.